The number of aromatic nitrogens is 3. The van der Waals surface area contributed by atoms with Gasteiger partial charge in [0.2, 0.25) is 0 Å². The van der Waals surface area contributed by atoms with Gasteiger partial charge in [-0.2, -0.15) is 0 Å². The molecule has 2 aromatic heterocycles. The largest absolute Gasteiger partial charge is 0.336 e. The quantitative estimate of drug-likeness (QED) is 0.846. The molecule has 2 aromatic rings. The van der Waals surface area contributed by atoms with Crippen LogP contribution in [0.25, 0.3) is 0 Å². The molecule has 1 atom stereocenters. The maximum Gasteiger partial charge on any atom is 0.146 e. The molecule has 0 saturated heterocycles. The zero-order chi connectivity index (χ0) is 11.5. The van der Waals surface area contributed by atoms with Crippen LogP contribution in [0, 0.1) is 5.82 Å². The van der Waals surface area contributed by atoms with Gasteiger partial charge in [0.05, 0.1) is 12.2 Å². The maximum absolute atomic E-state index is 13.6. The summed E-state index contributed by atoms with van der Waals surface area (Å²) in [5.74, 6) is 0.442. The van der Waals surface area contributed by atoms with Crippen LogP contribution in [0.5, 0.6) is 0 Å². The number of hydrogen-bond acceptors (Lipinski definition) is 3. The van der Waals surface area contributed by atoms with Gasteiger partial charge >= 0.3 is 0 Å². The maximum atomic E-state index is 13.6. The molecule has 4 nitrogen and oxygen atoms in total. The lowest BCUT2D eigenvalue weighted by Gasteiger charge is -2.16. The molecule has 2 heterocycles. The Morgan fingerprint density at radius 2 is 2.25 bits per heavy atom. The van der Waals surface area contributed by atoms with Crippen molar-refractivity contribution < 1.29 is 4.39 Å². The summed E-state index contributed by atoms with van der Waals surface area (Å²) in [6.45, 7) is 0. The Morgan fingerprint density at radius 3 is 2.81 bits per heavy atom. The SMILES string of the molecule is CNC(c1ccncc1F)c1nccn1C. The summed E-state index contributed by atoms with van der Waals surface area (Å²) in [5.41, 5.74) is 0.548. The predicted molar refractivity (Wildman–Crippen MR) is 58.3 cm³/mol. The first-order chi connectivity index (χ1) is 7.74. The van der Waals surface area contributed by atoms with E-state index < -0.39 is 0 Å². The van der Waals surface area contributed by atoms with E-state index in [0.717, 1.165) is 5.82 Å². The third-order valence-electron chi connectivity index (χ3n) is 2.52. The topological polar surface area (TPSA) is 42.7 Å². The molecule has 0 spiro atoms. The second kappa shape index (κ2) is 4.40. The Morgan fingerprint density at radius 1 is 1.44 bits per heavy atom. The van der Waals surface area contributed by atoms with Crippen molar-refractivity contribution >= 4 is 0 Å². The average Bonchev–Trinajstić information content (AvgIpc) is 2.69. The Labute approximate surface area is 93.2 Å². The molecule has 0 saturated carbocycles. The van der Waals surface area contributed by atoms with Gasteiger partial charge in [-0.3, -0.25) is 4.98 Å². The molecule has 0 radical (unpaired) electrons. The highest BCUT2D eigenvalue weighted by molar-refractivity contribution is 5.24. The minimum absolute atomic E-state index is 0.261. The lowest BCUT2D eigenvalue weighted by molar-refractivity contribution is 0.549. The summed E-state index contributed by atoms with van der Waals surface area (Å²) in [4.78, 5) is 7.95. The van der Waals surface area contributed by atoms with E-state index in [9.17, 15) is 4.39 Å². The summed E-state index contributed by atoms with van der Waals surface area (Å²) in [5, 5.41) is 3.05. The summed E-state index contributed by atoms with van der Waals surface area (Å²) in [7, 11) is 3.66. The highest BCUT2D eigenvalue weighted by atomic mass is 19.1. The standard InChI is InChI=1S/C11H13FN4/c1-13-10(11-15-5-6-16(11)2)8-3-4-14-7-9(8)12/h3-7,10,13H,1-2H3. The summed E-state index contributed by atoms with van der Waals surface area (Å²) >= 11 is 0. The summed E-state index contributed by atoms with van der Waals surface area (Å²) < 4.78 is 15.5. The van der Waals surface area contributed by atoms with Crippen LogP contribution in [0.3, 0.4) is 0 Å². The van der Waals surface area contributed by atoms with Crippen LogP contribution in [0.15, 0.2) is 30.9 Å². The van der Waals surface area contributed by atoms with Crippen molar-refractivity contribution in [2.24, 2.45) is 7.05 Å². The third kappa shape index (κ3) is 1.81. The van der Waals surface area contributed by atoms with Gasteiger partial charge in [-0.15, -0.1) is 0 Å². The second-order valence-corrected chi connectivity index (χ2v) is 3.52. The molecule has 0 amide bonds. The van der Waals surface area contributed by atoms with Crippen LogP contribution in [-0.4, -0.2) is 21.6 Å². The first kappa shape index (κ1) is 10.8. The Balaban J connectivity index is 2.45. The van der Waals surface area contributed by atoms with E-state index in [2.05, 4.69) is 15.3 Å². The molecule has 5 heteroatoms. The van der Waals surface area contributed by atoms with Crippen LogP contribution in [0.1, 0.15) is 17.4 Å². The summed E-state index contributed by atoms with van der Waals surface area (Å²) in [6.07, 6.45) is 6.31. The predicted octanol–water partition coefficient (Wildman–Crippen LogP) is 1.26. The smallest absolute Gasteiger partial charge is 0.146 e. The van der Waals surface area contributed by atoms with Crippen molar-refractivity contribution in [2.75, 3.05) is 7.05 Å². The van der Waals surface area contributed by atoms with Gasteiger partial charge in [0.1, 0.15) is 11.6 Å². The fourth-order valence-corrected chi connectivity index (χ4v) is 1.70. The number of nitrogens with one attached hydrogen (secondary N) is 1. The second-order valence-electron chi connectivity index (χ2n) is 3.52. The van der Waals surface area contributed by atoms with E-state index in [0.29, 0.717) is 5.56 Å². The van der Waals surface area contributed by atoms with Crippen molar-refractivity contribution in [2.45, 2.75) is 6.04 Å². The lowest BCUT2D eigenvalue weighted by Crippen LogP contribution is -2.22. The fraction of sp³-hybridized carbons (Fsp3) is 0.273. The molecule has 0 aliphatic carbocycles. The number of hydrogen-bond donors (Lipinski definition) is 1. The van der Waals surface area contributed by atoms with Crippen LogP contribution >= 0.6 is 0 Å². The molecule has 0 bridgehead atoms. The van der Waals surface area contributed by atoms with Gasteiger partial charge in [-0.25, -0.2) is 9.37 Å². The van der Waals surface area contributed by atoms with Gasteiger partial charge in [0.15, 0.2) is 0 Å². The summed E-state index contributed by atoms with van der Waals surface area (Å²) in [6, 6.07) is 1.40. The van der Waals surface area contributed by atoms with Crippen LogP contribution in [0.2, 0.25) is 0 Å². The van der Waals surface area contributed by atoms with Gasteiger partial charge < -0.3 is 9.88 Å². The highest BCUT2D eigenvalue weighted by Crippen LogP contribution is 2.21. The highest BCUT2D eigenvalue weighted by Gasteiger charge is 2.19. The normalized spacial score (nSPS) is 12.7. The molecular formula is C11H13FN4. The number of imidazole rings is 1. The number of rotatable bonds is 3. The number of halogens is 1. The number of nitrogens with zero attached hydrogens (tertiary/aromatic N) is 3. The monoisotopic (exact) mass is 220 g/mol. The van der Waals surface area contributed by atoms with Crippen LogP contribution in [-0.2, 0) is 7.05 Å². The van der Waals surface area contributed by atoms with Crippen molar-refractivity contribution in [1.82, 2.24) is 19.9 Å². The number of aryl methyl sites for hydroxylation is 1. The third-order valence-corrected chi connectivity index (χ3v) is 2.52. The van der Waals surface area contributed by atoms with Gasteiger partial charge in [0.25, 0.3) is 0 Å². The van der Waals surface area contributed by atoms with Crippen molar-refractivity contribution in [3.8, 4) is 0 Å². The first-order valence-corrected chi connectivity index (χ1v) is 4.98. The first-order valence-electron chi connectivity index (χ1n) is 4.98. The average molecular weight is 220 g/mol. The molecule has 84 valence electrons. The van der Waals surface area contributed by atoms with Gasteiger partial charge in [-0.05, 0) is 13.1 Å². The molecule has 0 fully saturated rings. The molecule has 0 aliphatic heterocycles. The zero-order valence-electron chi connectivity index (χ0n) is 9.18. The Kier molecular flexibility index (Phi) is 2.96. The molecule has 0 aliphatic rings. The van der Waals surface area contributed by atoms with Crippen LogP contribution < -0.4 is 5.32 Å². The molecule has 2 rings (SSSR count). The van der Waals surface area contributed by atoms with E-state index in [4.69, 9.17) is 0 Å². The molecule has 1 N–H and O–H groups in total. The number of pyridine rings is 1. The zero-order valence-corrected chi connectivity index (χ0v) is 9.18. The van der Waals surface area contributed by atoms with E-state index in [-0.39, 0.29) is 11.9 Å². The van der Waals surface area contributed by atoms with E-state index >= 15 is 0 Å². The minimum Gasteiger partial charge on any atom is -0.336 e. The Bertz CT molecular complexity index is 480. The van der Waals surface area contributed by atoms with E-state index in [1.54, 1.807) is 25.5 Å². The van der Waals surface area contributed by atoms with Gasteiger partial charge in [-0.1, -0.05) is 0 Å². The minimum atomic E-state index is -0.329. The van der Waals surface area contributed by atoms with Crippen molar-refractivity contribution in [1.29, 1.82) is 0 Å². The molecule has 1 unspecified atom stereocenters. The molecule has 16 heavy (non-hydrogen) atoms. The molecular weight excluding hydrogens is 207 g/mol. The van der Waals surface area contributed by atoms with E-state index in [1.165, 1.54) is 6.20 Å². The Hall–Kier alpha value is -1.75. The lowest BCUT2D eigenvalue weighted by atomic mass is 10.1. The molecule has 0 aromatic carbocycles. The van der Waals surface area contributed by atoms with Crippen molar-refractivity contribution in [3.05, 3.63) is 48.1 Å². The van der Waals surface area contributed by atoms with Crippen molar-refractivity contribution in [3.63, 3.8) is 0 Å². The van der Waals surface area contributed by atoms with Crippen LogP contribution in [0.4, 0.5) is 4.39 Å². The van der Waals surface area contributed by atoms with E-state index in [1.807, 2.05) is 17.8 Å². The van der Waals surface area contributed by atoms with Gasteiger partial charge in [0, 0.05) is 31.2 Å². The fourth-order valence-electron chi connectivity index (χ4n) is 1.70.